The lowest BCUT2D eigenvalue weighted by Crippen LogP contribution is -2.30. The van der Waals surface area contributed by atoms with Gasteiger partial charge in [0.25, 0.3) is 0 Å². The van der Waals surface area contributed by atoms with Crippen molar-refractivity contribution in [1.29, 1.82) is 0 Å². The van der Waals surface area contributed by atoms with E-state index in [1.807, 2.05) is 18.2 Å². The summed E-state index contributed by atoms with van der Waals surface area (Å²) in [5.74, 6) is 1.56. The summed E-state index contributed by atoms with van der Waals surface area (Å²) < 4.78 is 17.3. The van der Waals surface area contributed by atoms with Crippen molar-refractivity contribution in [3.8, 4) is 17.2 Å². The SMILES string of the molecule is COc1cc(NC(=O)[C@@H]2CCCC[C@@H]2c2nc3ccccc3s2)cc(OC)c1OC. The minimum Gasteiger partial charge on any atom is -0.493 e. The van der Waals surface area contributed by atoms with Gasteiger partial charge in [0, 0.05) is 29.7 Å². The molecule has 0 bridgehead atoms. The molecule has 3 aromatic rings. The van der Waals surface area contributed by atoms with Crippen LogP contribution in [0.25, 0.3) is 10.2 Å². The summed E-state index contributed by atoms with van der Waals surface area (Å²) in [6.07, 6.45) is 4.01. The number of rotatable bonds is 6. The average molecular weight is 427 g/mol. The summed E-state index contributed by atoms with van der Waals surface area (Å²) in [5.41, 5.74) is 1.63. The molecule has 1 aromatic heterocycles. The van der Waals surface area contributed by atoms with E-state index in [2.05, 4.69) is 11.4 Å². The maximum Gasteiger partial charge on any atom is 0.228 e. The zero-order valence-electron chi connectivity index (χ0n) is 17.4. The van der Waals surface area contributed by atoms with Crippen LogP contribution in [-0.4, -0.2) is 32.2 Å². The number of carbonyl (C=O) groups is 1. The average Bonchev–Trinajstić information content (AvgIpc) is 3.22. The number of amides is 1. The van der Waals surface area contributed by atoms with Crippen LogP contribution in [0.4, 0.5) is 5.69 Å². The standard InChI is InChI=1S/C23H26N2O4S/c1-27-18-12-14(13-19(28-2)21(18)29-3)24-22(26)15-8-4-5-9-16(15)23-25-17-10-6-7-11-20(17)30-23/h6-7,10-13,15-16H,4-5,8-9H2,1-3H3,(H,24,26)/t15-,16+/m1/s1. The van der Waals surface area contributed by atoms with Crippen LogP contribution >= 0.6 is 11.3 Å². The van der Waals surface area contributed by atoms with Crippen molar-refractivity contribution in [2.45, 2.75) is 31.6 Å². The van der Waals surface area contributed by atoms with Crippen molar-refractivity contribution in [1.82, 2.24) is 4.98 Å². The van der Waals surface area contributed by atoms with Gasteiger partial charge >= 0.3 is 0 Å². The van der Waals surface area contributed by atoms with Crippen LogP contribution in [0.15, 0.2) is 36.4 Å². The maximum atomic E-state index is 13.3. The van der Waals surface area contributed by atoms with Gasteiger partial charge in [-0.15, -0.1) is 11.3 Å². The number of thiazole rings is 1. The summed E-state index contributed by atoms with van der Waals surface area (Å²) in [7, 11) is 4.68. The second-order valence-corrected chi connectivity index (χ2v) is 8.48. The van der Waals surface area contributed by atoms with Crippen LogP contribution < -0.4 is 19.5 Å². The van der Waals surface area contributed by atoms with Gasteiger partial charge in [0.15, 0.2) is 11.5 Å². The number of methoxy groups -OCH3 is 3. The van der Waals surface area contributed by atoms with Crippen LogP contribution in [0.5, 0.6) is 17.2 Å². The summed E-state index contributed by atoms with van der Waals surface area (Å²) in [6, 6.07) is 11.7. The van der Waals surface area contributed by atoms with E-state index in [1.54, 1.807) is 44.8 Å². The van der Waals surface area contributed by atoms with Gasteiger partial charge < -0.3 is 19.5 Å². The van der Waals surface area contributed by atoms with E-state index in [9.17, 15) is 4.79 Å². The molecule has 1 fully saturated rings. The third-order valence-electron chi connectivity index (χ3n) is 5.66. The van der Waals surface area contributed by atoms with Crippen molar-refractivity contribution >= 4 is 33.1 Å². The Bertz CT molecular complexity index is 991. The molecule has 7 heteroatoms. The molecule has 0 aliphatic heterocycles. The highest BCUT2D eigenvalue weighted by Gasteiger charge is 2.34. The number of para-hydroxylation sites is 1. The molecule has 1 aliphatic carbocycles. The van der Waals surface area contributed by atoms with E-state index in [0.29, 0.717) is 22.9 Å². The van der Waals surface area contributed by atoms with Gasteiger partial charge in [0.05, 0.1) is 36.6 Å². The molecule has 2 atom stereocenters. The Kier molecular flexibility index (Phi) is 6.08. The highest BCUT2D eigenvalue weighted by atomic mass is 32.1. The molecule has 0 saturated heterocycles. The lowest BCUT2D eigenvalue weighted by atomic mass is 9.79. The molecule has 30 heavy (non-hydrogen) atoms. The monoisotopic (exact) mass is 426 g/mol. The van der Waals surface area contributed by atoms with Crippen molar-refractivity contribution < 1.29 is 19.0 Å². The van der Waals surface area contributed by atoms with Crippen LogP contribution in [0.2, 0.25) is 0 Å². The highest BCUT2D eigenvalue weighted by Crippen LogP contribution is 2.43. The number of ether oxygens (including phenoxy) is 3. The van der Waals surface area contributed by atoms with E-state index in [1.165, 1.54) is 4.70 Å². The molecule has 1 amide bonds. The van der Waals surface area contributed by atoms with Crippen LogP contribution in [0.1, 0.15) is 36.6 Å². The predicted octanol–water partition coefficient (Wildman–Crippen LogP) is 5.23. The molecule has 0 unspecified atom stereocenters. The summed E-state index contributed by atoms with van der Waals surface area (Å²) in [6.45, 7) is 0. The third-order valence-corrected chi connectivity index (χ3v) is 6.83. The summed E-state index contributed by atoms with van der Waals surface area (Å²) in [5, 5.41) is 4.12. The molecule has 0 spiro atoms. The van der Waals surface area contributed by atoms with Crippen LogP contribution in [-0.2, 0) is 4.79 Å². The minimum absolute atomic E-state index is 0.00762. The second-order valence-electron chi connectivity index (χ2n) is 7.42. The third kappa shape index (κ3) is 3.94. The molecule has 4 rings (SSSR count). The van der Waals surface area contributed by atoms with Crippen LogP contribution in [0, 0.1) is 5.92 Å². The smallest absolute Gasteiger partial charge is 0.228 e. The van der Waals surface area contributed by atoms with Gasteiger partial charge in [-0.1, -0.05) is 25.0 Å². The van der Waals surface area contributed by atoms with E-state index < -0.39 is 0 Å². The molecular weight excluding hydrogens is 400 g/mol. The van der Waals surface area contributed by atoms with Gasteiger partial charge in [0.1, 0.15) is 0 Å². The Balaban J connectivity index is 1.59. The molecule has 1 heterocycles. The predicted molar refractivity (Wildman–Crippen MR) is 119 cm³/mol. The second kappa shape index (κ2) is 8.92. The molecule has 1 saturated carbocycles. The highest BCUT2D eigenvalue weighted by molar-refractivity contribution is 7.18. The first kappa shape index (κ1) is 20.5. The number of aromatic nitrogens is 1. The number of anilines is 1. The topological polar surface area (TPSA) is 69.7 Å². The van der Waals surface area contributed by atoms with E-state index in [0.717, 1.165) is 36.2 Å². The van der Waals surface area contributed by atoms with Crippen LogP contribution in [0.3, 0.4) is 0 Å². The van der Waals surface area contributed by atoms with Crippen molar-refractivity contribution in [3.05, 3.63) is 41.4 Å². The molecule has 6 nitrogen and oxygen atoms in total. The summed E-state index contributed by atoms with van der Waals surface area (Å²) in [4.78, 5) is 18.1. The Hall–Kier alpha value is -2.80. The normalized spacial score (nSPS) is 18.8. The number of nitrogens with zero attached hydrogens (tertiary/aromatic N) is 1. The number of hydrogen-bond donors (Lipinski definition) is 1. The minimum atomic E-state index is -0.113. The van der Waals surface area contributed by atoms with Gasteiger partial charge in [-0.2, -0.15) is 0 Å². The fraction of sp³-hybridized carbons (Fsp3) is 0.391. The summed E-state index contributed by atoms with van der Waals surface area (Å²) >= 11 is 1.70. The number of nitrogens with one attached hydrogen (secondary N) is 1. The van der Waals surface area contributed by atoms with Crippen molar-refractivity contribution in [3.63, 3.8) is 0 Å². The molecule has 1 N–H and O–H groups in total. The van der Waals surface area contributed by atoms with Gasteiger partial charge in [-0.05, 0) is 25.0 Å². The first-order valence-corrected chi connectivity index (χ1v) is 10.9. The number of fused-ring (bicyclic) bond motifs is 1. The maximum absolute atomic E-state index is 13.3. The van der Waals surface area contributed by atoms with Crippen molar-refractivity contribution in [2.24, 2.45) is 5.92 Å². The number of hydrogen-bond acceptors (Lipinski definition) is 6. The fourth-order valence-electron chi connectivity index (χ4n) is 4.18. The van der Waals surface area contributed by atoms with E-state index >= 15 is 0 Å². The first-order valence-electron chi connectivity index (χ1n) is 10.1. The van der Waals surface area contributed by atoms with E-state index in [-0.39, 0.29) is 17.7 Å². The molecule has 0 radical (unpaired) electrons. The quantitative estimate of drug-likeness (QED) is 0.584. The molecule has 2 aromatic carbocycles. The molecule has 158 valence electrons. The zero-order chi connectivity index (χ0) is 21.1. The number of benzene rings is 2. The van der Waals surface area contributed by atoms with Gasteiger partial charge in [-0.25, -0.2) is 4.98 Å². The van der Waals surface area contributed by atoms with Gasteiger partial charge in [0.2, 0.25) is 11.7 Å². The Labute approximate surface area is 180 Å². The largest absolute Gasteiger partial charge is 0.493 e. The number of carbonyl (C=O) groups excluding carboxylic acids is 1. The molecular formula is C23H26N2O4S. The van der Waals surface area contributed by atoms with Crippen molar-refractivity contribution in [2.75, 3.05) is 26.6 Å². The Morgan fingerprint density at radius 3 is 2.40 bits per heavy atom. The molecule has 1 aliphatic rings. The Morgan fingerprint density at radius 1 is 1.03 bits per heavy atom. The Morgan fingerprint density at radius 2 is 1.73 bits per heavy atom. The van der Waals surface area contributed by atoms with Gasteiger partial charge in [-0.3, -0.25) is 4.79 Å². The van der Waals surface area contributed by atoms with E-state index in [4.69, 9.17) is 19.2 Å². The zero-order valence-corrected chi connectivity index (χ0v) is 18.3. The lowest BCUT2D eigenvalue weighted by molar-refractivity contribution is -0.121. The lowest BCUT2D eigenvalue weighted by Gasteiger charge is -2.29. The first-order chi connectivity index (χ1) is 14.6. The fourth-order valence-corrected chi connectivity index (χ4v) is 5.34.